The van der Waals surface area contributed by atoms with Crippen molar-refractivity contribution in [3.05, 3.63) is 0 Å². The van der Waals surface area contributed by atoms with Gasteiger partial charge in [-0.05, 0) is 19.1 Å². The highest BCUT2D eigenvalue weighted by Gasteiger charge is 2.25. The SMILES string of the molecule is CCC(CSC)NS(=O)(=O)C(C#N)CC. The van der Waals surface area contributed by atoms with Crippen LogP contribution in [0.2, 0.25) is 0 Å². The standard InChI is InChI=1S/C9H18N2O2S2/c1-4-8(7-14-3)11-15(12,13)9(5-2)6-10/h8-9,11H,4-5,7H2,1-3H3. The Bertz CT molecular complexity index is 309. The summed E-state index contributed by atoms with van der Waals surface area (Å²) in [7, 11) is -3.48. The molecule has 0 radical (unpaired) electrons. The van der Waals surface area contributed by atoms with Gasteiger partial charge in [-0.3, -0.25) is 0 Å². The van der Waals surface area contributed by atoms with E-state index in [0.717, 1.165) is 12.2 Å². The monoisotopic (exact) mass is 250 g/mol. The van der Waals surface area contributed by atoms with Crippen LogP contribution in [0.5, 0.6) is 0 Å². The van der Waals surface area contributed by atoms with Crippen LogP contribution in [-0.2, 0) is 10.0 Å². The summed E-state index contributed by atoms with van der Waals surface area (Å²) < 4.78 is 26.0. The summed E-state index contributed by atoms with van der Waals surface area (Å²) in [4.78, 5) is 0. The molecule has 0 spiro atoms. The molecule has 0 saturated heterocycles. The number of thioether (sulfide) groups is 1. The van der Waals surface area contributed by atoms with Crippen LogP contribution in [0.1, 0.15) is 26.7 Å². The van der Waals surface area contributed by atoms with Gasteiger partial charge in [0.25, 0.3) is 0 Å². The fourth-order valence-corrected chi connectivity index (χ4v) is 3.41. The third-order valence-electron chi connectivity index (χ3n) is 2.08. The molecule has 0 heterocycles. The Kier molecular flexibility index (Phi) is 6.98. The second-order valence-corrected chi connectivity index (χ2v) is 6.05. The Morgan fingerprint density at radius 2 is 2.00 bits per heavy atom. The lowest BCUT2D eigenvalue weighted by Gasteiger charge is -2.17. The molecule has 0 saturated carbocycles. The van der Waals surface area contributed by atoms with E-state index in [2.05, 4.69) is 4.72 Å². The predicted molar refractivity (Wildman–Crippen MR) is 64.2 cm³/mol. The second kappa shape index (κ2) is 7.09. The first kappa shape index (κ1) is 14.8. The van der Waals surface area contributed by atoms with E-state index in [1.165, 1.54) is 0 Å². The van der Waals surface area contributed by atoms with Gasteiger partial charge in [0.15, 0.2) is 5.25 Å². The topological polar surface area (TPSA) is 70.0 Å². The lowest BCUT2D eigenvalue weighted by atomic mass is 10.3. The maximum Gasteiger partial charge on any atom is 0.228 e. The van der Waals surface area contributed by atoms with Crippen LogP contribution in [-0.4, -0.2) is 31.7 Å². The van der Waals surface area contributed by atoms with E-state index in [1.54, 1.807) is 24.8 Å². The number of rotatable bonds is 7. The Labute approximate surface area is 96.5 Å². The zero-order chi connectivity index (χ0) is 11.9. The Morgan fingerprint density at radius 1 is 1.40 bits per heavy atom. The number of hydrogen-bond acceptors (Lipinski definition) is 4. The number of nitriles is 1. The molecule has 6 heteroatoms. The van der Waals surface area contributed by atoms with Gasteiger partial charge in [0, 0.05) is 11.8 Å². The number of hydrogen-bond donors (Lipinski definition) is 1. The van der Waals surface area contributed by atoms with Crippen molar-refractivity contribution in [1.82, 2.24) is 4.72 Å². The molecule has 0 fully saturated rings. The van der Waals surface area contributed by atoms with Crippen molar-refractivity contribution in [2.24, 2.45) is 0 Å². The van der Waals surface area contributed by atoms with Crippen LogP contribution in [0.4, 0.5) is 0 Å². The van der Waals surface area contributed by atoms with Gasteiger partial charge >= 0.3 is 0 Å². The summed E-state index contributed by atoms with van der Waals surface area (Å²) in [6.07, 6.45) is 2.99. The Hall–Kier alpha value is -0.250. The molecular weight excluding hydrogens is 232 g/mol. The van der Waals surface area contributed by atoms with E-state index in [0.29, 0.717) is 6.42 Å². The van der Waals surface area contributed by atoms with Crippen LogP contribution in [0.15, 0.2) is 0 Å². The zero-order valence-corrected chi connectivity index (χ0v) is 11.0. The van der Waals surface area contributed by atoms with Crippen LogP contribution in [0.3, 0.4) is 0 Å². The number of sulfonamides is 1. The third kappa shape index (κ3) is 4.87. The molecule has 0 bridgehead atoms. The molecule has 0 aromatic rings. The summed E-state index contributed by atoms with van der Waals surface area (Å²) in [5.74, 6) is 0.734. The minimum absolute atomic E-state index is 0.0765. The Morgan fingerprint density at radius 3 is 2.33 bits per heavy atom. The van der Waals surface area contributed by atoms with Gasteiger partial charge in [-0.15, -0.1) is 0 Å². The fourth-order valence-electron chi connectivity index (χ4n) is 1.13. The lowest BCUT2D eigenvalue weighted by Crippen LogP contribution is -2.41. The normalized spacial score (nSPS) is 15.6. The van der Waals surface area contributed by atoms with Gasteiger partial charge < -0.3 is 0 Å². The molecule has 15 heavy (non-hydrogen) atoms. The van der Waals surface area contributed by atoms with Gasteiger partial charge in [0.05, 0.1) is 6.07 Å². The first-order valence-corrected chi connectivity index (χ1v) is 7.85. The van der Waals surface area contributed by atoms with Crippen LogP contribution < -0.4 is 4.72 Å². The molecule has 0 aliphatic heterocycles. The minimum atomic E-state index is -3.48. The summed E-state index contributed by atoms with van der Waals surface area (Å²) in [6, 6.07) is 1.73. The van der Waals surface area contributed by atoms with Crippen molar-refractivity contribution >= 4 is 21.8 Å². The van der Waals surface area contributed by atoms with Crippen molar-refractivity contribution < 1.29 is 8.42 Å². The first-order valence-electron chi connectivity index (χ1n) is 4.91. The Balaban J connectivity index is 4.55. The molecule has 0 aromatic carbocycles. The maximum atomic E-state index is 11.7. The molecular formula is C9H18N2O2S2. The summed E-state index contributed by atoms with van der Waals surface area (Å²) in [6.45, 7) is 3.62. The molecule has 0 aliphatic rings. The summed E-state index contributed by atoms with van der Waals surface area (Å²) in [5.41, 5.74) is 0. The van der Waals surface area contributed by atoms with Crippen molar-refractivity contribution in [3.63, 3.8) is 0 Å². The highest BCUT2D eigenvalue weighted by molar-refractivity contribution is 7.98. The summed E-state index contributed by atoms with van der Waals surface area (Å²) >= 11 is 1.59. The van der Waals surface area contributed by atoms with Crippen LogP contribution >= 0.6 is 11.8 Å². The van der Waals surface area contributed by atoms with Crippen molar-refractivity contribution in [1.29, 1.82) is 5.26 Å². The van der Waals surface area contributed by atoms with Gasteiger partial charge in [-0.1, -0.05) is 13.8 Å². The van der Waals surface area contributed by atoms with E-state index < -0.39 is 15.3 Å². The largest absolute Gasteiger partial charge is 0.228 e. The minimum Gasteiger partial charge on any atom is -0.211 e. The first-order chi connectivity index (χ1) is 7.01. The molecule has 0 aromatic heterocycles. The van der Waals surface area contributed by atoms with E-state index in [-0.39, 0.29) is 6.04 Å². The molecule has 88 valence electrons. The molecule has 0 aliphatic carbocycles. The van der Waals surface area contributed by atoms with Gasteiger partial charge in [-0.25, -0.2) is 13.1 Å². The smallest absolute Gasteiger partial charge is 0.211 e. The van der Waals surface area contributed by atoms with Crippen LogP contribution in [0.25, 0.3) is 0 Å². The van der Waals surface area contributed by atoms with Gasteiger partial charge in [-0.2, -0.15) is 17.0 Å². The third-order valence-corrected chi connectivity index (χ3v) is 4.67. The zero-order valence-electron chi connectivity index (χ0n) is 9.36. The molecule has 2 atom stereocenters. The number of nitrogens with one attached hydrogen (secondary N) is 1. The average Bonchev–Trinajstić information content (AvgIpc) is 2.18. The molecule has 2 unspecified atom stereocenters. The van der Waals surface area contributed by atoms with Gasteiger partial charge in [0.1, 0.15) is 0 Å². The van der Waals surface area contributed by atoms with Crippen molar-refractivity contribution in [2.45, 2.75) is 38.0 Å². The van der Waals surface area contributed by atoms with E-state index >= 15 is 0 Å². The predicted octanol–water partition coefficient (Wildman–Crippen LogP) is 1.35. The second-order valence-electron chi connectivity index (χ2n) is 3.25. The van der Waals surface area contributed by atoms with E-state index in [1.807, 2.05) is 13.2 Å². The maximum absolute atomic E-state index is 11.7. The van der Waals surface area contributed by atoms with E-state index in [9.17, 15) is 8.42 Å². The number of nitrogens with zero attached hydrogens (tertiary/aromatic N) is 1. The molecule has 0 rings (SSSR count). The van der Waals surface area contributed by atoms with Gasteiger partial charge in [0.2, 0.25) is 10.0 Å². The molecule has 4 nitrogen and oxygen atoms in total. The fraction of sp³-hybridized carbons (Fsp3) is 0.889. The average molecular weight is 250 g/mol. The van der Waals surface area contributed by atoms with Crippen LogP contribution in [0, 0.1) is 11.3 Å². The highest BCUT2D eigenvalue weighted by Crippen LogP contribution is 2.08. The highest BCUT2D eigenvalue weighted by atomic mass is 32.2. The lowest BCUT2D eigenvalue weighted by molar-refractivity contribution is 0.550. The van der Waals surface area contributed by atoms with E-state index in [4.69, 9.17) is 5.26 Å². The summed E-state index contributed by atoms with van der Waals surface area (Å²) in [5, 5.41) is 7.77. The quantitative estimate of drug-likeness (QED) is 0.740. The van der Waals surface area contributed by atoms with Crippen molar-refractivity contribution in [3.8, 4) is 6.07 Å². The molecule has 0 amide bonds. The van der Waals surface area contributed by atoms with Crippen molar-refractivity contribution in [2.75, 3.05) is 12.0 Å². The molecule has 1 N–H and O–H groups in total.